The van der Waals surface area contributed by atoms with Crippen molar-refractivity contribution in [1.29, 1.82) is 0 Å². The number of carbonyl (C=O) groups is 3. The molecule has 1 aromatic carbocycles. The number of hydrogen-bond donors (Lipinski definition) is 2. The average molecular weight is 360 g/mol. The molecule has 1 unspecified atom stereocenters. The average Bonchev–Trinajstić information content (AvgIpc) is 2.62. The van der Waals surface area contributed by atoms with Gasteiger partial charge in [-0.15, -0.1) is 0 Å². The van der Waals surface area contributed by atoms with E-state index in [1.54, 1.807) is 29.2 Å². The molecule has 1 heterocycles. The fourth-order valence-corrected chi connectivity index (χ4v) is 2.73. The van der Waals surface area contributed by atoms with E-state index in [-0.39, 0.29) is 23.8 Å². The van der Waals surface area contributed by atoms with Gasteiger partial charge < -0.3 is 15.5 Å². The summed E-state index contributed by atoms with van der Waals surface area (Å²) in [4.78, 5) is 39.4. The van der Waals surface area contributed by atoms with Crippen molar-refractivity contribution in [2.45, 2.75) is 33.2 Å². The van der Waals surface area contributed by atoms with Crippen molar-refractivity contribution in [3.8, 4) is 0 Å². The third-order valence-corrected chi connectivity index (χ3v) is 4.59. The normalized spacial score (nSPS) is 16.0. The van der Waals surface area contributed by atoms with Gasteiger partial charge in [-0.25, -0.2) is 4.79 Å². The summed E-state index contributed by atoms with van der Waals surface area (Å²) in [6.07, 6.45) is 0.910. The Hall–Kier alpha value is -2.41. The number of Topliss-reactive ketones (excluding diaryl/α,β-unsaturated/α-hetero) is 1. The van der Waals surface area contributed by atoms with E-state index in [2.05, 4.69) is 15.5 Å². The topological polar surface area (TPSA) is 81.8 Å². The van der Waals surface area contributed by atoms with Crippen LogP contribution in [0.15, 0.2) is 24.3 Å². The van der Waals surface area contributed by atoms with E-state index in [0.717, 1.165) is 6.42 Å². The molecule has 1 atom stereocenters. The Kier molecular flexibility index (Phi) is 7.15. The van der Waals surface area contributed by atoms with Gasteiger partial charge in [-0.05, 0) is 44.5 Å². The lowest BCUT2D eigenvalue weighted by Crippen LogP contribution is -2.52. The molecule has 0 spiro atoms. The molecule has 1 fully saturated rings. The van der Waals surface area contributed by atoms with Crippen LogP contribution in [0.5, 0.6) is 0 Å². The van der Waals surface area contributed by atoms with Crippen molar-refractivity contribution in [2.75, 3.05) is 38.0 Å². The zero-order valence-corrected chi connectivity index (χ0v) is 15.7. The summed E-state index contributed by atoms with van der Waals surface area (Å²) >= 11 is 0. The molecule has 1 aromatic rings. The van der Waals surface area contributed by atoms with Gasteiger partial charge in [-0.3, -0.25) is 14.5 Å². The SMILES string of the molecule is CCC(C)NC(=O)CN1CCN(C(=O)Nc2ccc(C(C)=O)cc2)CC1. The molecule has 142 valence electrons. The van der Waals surface area contributed by atoms with Crippen LogP contribution in [-0.2, 0) is 4.79 Å². The van der Waals surface area contributed by atoms with Crippen LogP contribution in [0.4, 0.5) is 10.5 Å². The second kappa shape index (κ2) is 9.33. The first-order valence-corrected chi connectivity index (χ1v) is 9.07. The predicted octanol–water partition coefficient (Wildman–Crippen LogP) is 1.95. The Morgan fingerprint density at radius 2 is 1.69 bits per heavy atom. The van der Waals surface area contributed by atoms with Crippen LogP contribution < -0.4 is 10.6 Å². The zero-order chi connectivity index (χ0) is 19.1. The van der Waals surface area contributed by atoms with Crippen LogP contribution in [0.1, 0.15) is 37.6 Å². The number of carbonyl (C=O) groups excluding carboxylic acids is 3. The van der Waals surface area contributed by atoms with E-state index < -0.39 is 0 Å². The number of nitrogens with zero attached hydrogens (tertiary/aromatic N) is 2. The minimum Gasteiger partial charge on any atom is -0.353 e. The van der Waals surface area contributed by atoms with E-state index in [1.807, 2.05) is 13.8 Å². The van der Waals surface area contributed by atoms with Crippen molar-refractivity contribution in [3.63, 3.8) is 0 Å². The highest BCUT2D eigenvalue weighted by molar-refractivity contribution is 5.95. The quantitative estimate of drug-likeness (QED) is 0.760. The predicted molar refractivity (Wildman–Crippen MR) is 101 cm³/mol. The third kappa shape index (κ3) is 5.84. The number of urea groups is 1. The number of anilines is 1. The van der Waals surface area contributed by atoms with Crippen LogP contribution in [0.2, 0.25) is 0 Å². The monoisotopic (exact) mass is 360 g/mol. The highest BCUT2D eigenvalue weighted by Gasteiger charge is 2.22. The lowest BCUT2D eigenvalue weighted by molar-refractivity contribution is -0.123. The van der Waals surface area contributed by atoms with Gasteiger partial charge in [0.2, 0.25) is 5.91 Å². The fraction of sp³-hybridized carbons (Fsp3) is 0.526. The largest absolute Gasteiger partial charge is 0.353 e. The number of rotatable bonds is 6. The van der Waals surface area contributed by atoms with E-state index in [0.29, 0.717) is 44.0 Å². The zero-order valence-electron chi connectivity index (χ0n) is 15.7. The highest BCUT2D eigenvalue weighted by Crippen LogP contribution is 2.12. The van der Waals surface area contributed by atoms with Crippen molar-refractivity contribution in [1.82, 2.24) is 15.1 Å². The molecule has 0 aliphatic carbocycles. The molecule has 7 nitrogen and oxygen atoms in total. The maximum atomic E-state index is 12.3. The Labute approximate surface area is 154 Å². The molecule has 0 radical (unpaired) electrons. The van der Waals surface area contributed by atoms with Gasteiger partial charge >= 0.3 is 6.03 Å². The van der Waals surface area contributed by atoms with Crippen LogP contribution in [0.25, 0.3) is 0 Å². The number of hydrogen-bond acceptors (Lipinski definition) is 4. The first-order valence-electron chi connectivity index (χ1n) is 9.07. The molecule has 7 heteroatoms. The molecule has 1 aliphatic heterocycles. The van der Waals surface area contributed by atoms with Gasteiger partial charge in [0, 0.05) is 43.5 Å². The van der Waals surface area contributed by atoms with Gasteiger partial charge in [0.05, 0.1) is 6.54 Å². The van der Waals surface area contributed by atoms with Crippen LogP contribution in [0, 0.1) is 0 Å². The molecule has 3 amide bonds. The maximum absolute atomic E-state index is 12.3. The molecule has 1 aliphatic rings. The van der Waals surface area contributed by atoms with E-state index in [9.17, 15) is 14.4 Å². The van der Waals surface area contributed by atoms with Crippen molar-refractivity contribution >= 4 is 23.4 Å². The lowest BCUT2D eigenvalue weighted by Gasteiger charge is -2.34. The number of piperazine rings is 1. The summed E-state index contributed by atoms with van der Waals surface area (Å²) in [5.41, 5.74) is 1.28. The first kappa shape index (κ1) is 19.9. The second-order valence-corrected chi connectivity index (χ2v) is 6.70. The van der Waals surface area contributed by atoms with E-state index >= 15 is 0 Å². The molecule has 26 heavy (non-hydrogen) atoms. The van der Waals surface area contributed by atoms with E-state index in [1.165, 1.54) is 6.92 Å². The van der Waals surface area contributed by atoms with Crippen LogP contribution in [-0.4, -0.2) is 66.3 Å². The lowest BCUT2D eigenvalue weighted by atomic mass is 10.1. The Morgan fingerprint density at radius 1 is 1.08 bits per heavy atom. The fourth-order valence-electron chi connectivity index (χ4n) is 2.73. The molecule has 0 aromatic heterocycles. The number of nitrogens with one attached hydrogen (secondary N) is 2. The highest BCUT2D eigenvalue weighted by atomic mass is 16.2. The van der Waals surface area contributed by atoms with Gasteiger partial charge in [0.1, 0.15) is 0 Å². The Balaban J connectivity index is 1.77. The minimum atomic E-state index is -0.163. The van der Waals surface area contributed by atoms with Gasteiger partial charge in [0.15, 0.2) is 5.78 Å². The van der Waals surface area contributed by atoms with Gasteiger partial charge in [-0.2, -0.15) is 0 Å². The van der Waals surface area contributed by atoms with Crippen molar-refractivity contribution in [3.05, 3.63) is 29.8 Å². The molecule has 2 rings (SSSR count). The summed E-state index contributed by atoms with van der Waals surface area (Å²) in [5.74, 6) is 0.0270. The Morgan fingerprint density at radius 3 is 2.23 bits per heavy atom. The number of amides is 3. The summed E-state index contributed by atoms with van der Waals surface area (Å²) in [5, 5.41) is 5.80. The summed E-state index contributed by atoms with van der Waals surface area (Å²) < 4.78 is 0. The molecular weight excluding hydrogens is 332 g/mol. The van der Waals surface area contributed by atoms with E-state index in [4.69, 9.17) is 0 Å². The van der Waals surface area contributed by atoms with Gasteiger partial charge in [-0.1, -0.05) is 6.92 Å². The van der Waals surface area contributed by atoms with Crippen LogP contribution >= 0.6 is 0 Å². The minimum absolute atomic E-state index is 0.00336. The molecule has 0 saturated carbocycles. The molecular formula is C19H28N4O3. The number of benzene rings is 1. The van der Waals surface area contributed by atoms with Crippen molar-refractivity contribution < 1.29 is 14.4 Å². The molecule has 2 N–H and O–H groups in total. The molecule has 0 bridgehead atoms. The second-order valence-electron chi connectivity index (χ2n) is 6.70. The van der Waals surface area contributed by atoms with Crippen molar-refractivity contribution in [2.24, 2.45) is 0 Å². The maximum Gasteiger partial charge on any atom is 0.321 e. The summed E-state index contributed by atoms with van der Waals surface area (Å²) in [6, 6.07) is 6.87. The number of ketones is 1. The summed E-state index contributed by atoms with van der Waals surface area (Å²) in [7, 11) is 0. The van der Waals surface area contributed by atoms with Gasteiger partial charge in [0.25, 0.3) is 0 Å². The Bertz CT molecular complexity index is 637. The molecule has 1 saturated heterocycles. The van der Waals surface area contributed by atoms with Crippen LogP contribution in [0.3, 0.4) is 0 Å². The smallest absolute Gasteiger partial charge is 0.321 e. The summed E-state index contributed by atoms with van der Waals surface area (Å²) in [6.45, 7) is 8.40. The third-order valence-electron chi connectivity index (χ3n) is 4.59. The standard InChI is InChI=1S/C19H28N4O3/c1-4-14(2)20-18(25)13-22-9-11-23(12-10-22)19(26)21-17-7-5-16(6-8-17)15(3)24/h5-8,14H,4,9-13H2,1-3H3,(H,20,25)(H,21,26). The first-order chi connectivity index (χ1) is 12.4.